The molecule has 1 saturated heterocycles. The molecule has 3 aromatic carbocycles. The summed E-state index contributed by atoms with van der Waals surface area (Å²) in [6.45, 7) is 6.67. The zero-order chi connectivity index (χ0) is 25.1. The first kappa shape index (κ1) is 24.2. The van der Waals surface area contributed by atoms with Crippen LogP contribution >= 0.6 is 0 Å². The number of anilines is 1. The second-order valence-corrected chi connectivity index (χ2v) is 8.97. The van der Waals surface area contributed by atoms with Crippen LogP contribution in [-0.2, 0) is 16.0 Å². The standard InChI is InChI=1S/C29H28FNO4/c1-4-19-5-13-23(14-6-19)31-26(20-7-11-22(30)12-8-20)25(28(33)29(31)34)27(32)21-9-15-24(16-10-21)35-17-18(2)3/h5-16,18,26,32H,4,17H2,1-3H3/b27-25+. The fraction of sp³-hybridized carbons (Fsp3) is 0.241. The highest BCUT2D eigenvalue weighted by Gasteiger charge is 2.46. The molecule has 0 spiro atoms. The van der Waals surface area contributed by atoms with Crippen LogP contribution in [0.5, 0.6) is 5.75 Å². The van der Waals surface area contributed by atoms with Crippen LogP contribution in [0.15, 0.2) is 78.4 Å². The number of aliphatic hydroxyl groups is 1. The number of rotatable bonds is 7. The fourth-order valence-electron chi connectivity index (χ4n) is 4.08. The highest BCUT2D eigenvalue weighted by Crippen LogP contribution is 2.42. The normalized spacial score (nSPS) is 17.3. The van der Waals surface area contributed by atoms with E-state index < -0.39 is 23.5 Å². The molecule has 0 bridgehead atoms. The molecule has 1 heterocycles. The number of nitrogens with zero attached hydrogens (tertiary/aromatic N) is 1. The zero-order valence-electron chi connectivity index (χ0n) is 20.0. The van der Waals surface area contributed by atoms with Gasteiger partial charge in [0, 0.05) is 11.3 Å². The van der Waals surface area contributed by atoms with Crippen LogP contribution in [-0.4, -0.2) is 23.4 Å². The first-order valence-corrected chi connectivity index (χ1v) is 11.7. The molecule has 180 valence electrons. The van der Waals surface area contributed by atoms with E-state index in [1.54, 1.807) is 36.4 Å². The molecular formula is C29H28FNO4. The number of aliphatic hydroxyl groups excluding tert-OH is 1. The number of ether oxygens (including phenoxy) is 1. The summed E-state index contributed by atoms with van der Waals surface area (Å²) in [5, 5.41) is 11.2. The summed E-state index contributed by atoms with van der Waals surface area (Å²) in [6, 6.07) is 18.8. The molecule has 5 nitrogen and oxygen atoms in total. The van der Waals surface area contributed by atoms with E-state index in [0.29, 0.717) is 35.1 Å². The van der Waals surface area contributed by atoms with Gasteiger partial charge in [0.1, 0.15) is 17.3 Å². The number of benzene rings is 3. The maximum atomic E-state index is 13.7. The van der Waals surface area contributed by atoms with Gasteiger partial charge in [-0.15, -0.1) is 0 Å². The van der Waals surface area contributed by atoms with Gasteiger partial charge in [0.05, 0.1) is 18.2 Å². The van der Waals surface area contributed by atoms with Crippen LogP contribution in [0, 0.1) is 11.7 Å². The summed E-state index contributed by atoms with van der Waals surface area (Å²) in [7, 11) is 0. The van der Waals surface area contributed by atoms with Gasteiger partial charge in [-0.05, 0) is 72.0 Å². The van der Waals surface area contributed by atoms with Gasteiger partial charge < -0.3 is 9.84 Å². The minimum atomic E-state index is -0.903. The molecular weight excluding hydrogens is 445 g/mol. The second kappa shape index (κ2) is 10.1. The highest BCUT2D eigenvalue weighted by atomic mass is 19.1. The van der Waals surface area contributed by atoms with Crippen molar-refractivity contribution in [3.05, 3.63) is 101 Å². The van der Waals surface area contributed by atoms with Gasteiger partial charge in [0.15, 0.2) is 0 Å². The maximum absolute atomic E-state index is 13.7. The number of amides is 1. The van der Waals surface area contributed by atoms with Crippen molar-refractivity contribution in [1.82, 2.24) is 0 Å². The molecule has 1 amide bonds. The SMILES string of the molecule is CCc1ccc(N2C(=O)C(=O)/C(=C(/O)c3ccc(OCC(C)C)cc3)C2c2ccc(F)cc2)cc1. The Bertz CT molecular complexity index is 1250. The molecule has 1 atom stereocenters. The lowest BCUT2D eigenvalue weighted by molar-refractivity contribution is -0.132. The van der Waals surface area contributed by atoms with Gasteiger partial charge in [-0.3, -0.25) is 14.5 Å². The summed E-state index contributed by atoms with van der Waals surface area (Å²) in [5.41, 5.74) is 2.47. The molecule has 1 aliphatic heterocycles. The third-order valence-electron chi connectivity index (χ3n) is 5.96. The van der Waals surface area contributed by atoms with Crippen LogP contribution in [0.3, 0.4) is 0 Å². The lowest BCUT2D eigenvalue weighted by atomic mass is 9.95. The minimum Gasteiger partial charge on any atom is -0.507 e. The Morgan fingerprint density at radius 2 is 1.60 bits per heavy atom. The molecule has 6 heteroatoms. The van der Waals surface area contributed by atoms with Crippen molar-refractivity contribution in [2.45, 2.75) is 33.2 Å². The third-order valence-corrected chi connectivity index (χ3v) is 5.96. The fourth-order valence-corrected chi connectivity index (χ4v) is 4.08. The Balaban J connectivity index is 1.80. The van der Waals surface area contributed by atoms with Crippen LogP contribution in [0.1, 0.15) is 43.5 Å². The van der Waals surface area contributed by atoms with Crippen molar-refractivity contribution in [3.63, 3.8) is 0 Å². The average molecular weight is 474 g/mol. The number of halogens is 1. The van der Waals surface area contributed by atoms with Crippen molar-refractivity contribution >= 4 is 23.1 Å². The molecule has 0 radical (unpaired) electrons. The first-order chi connectivity index (χ1) is 16.8. The van der Waals surface area contributed by atoms with E-state index >= 15 is 0 Å². The lowest BCUT2D eigenvalue weighted by Gasteiger charge is -2.25. The van der Waals surface area contributed by atoms with Crippen molar-refractivity contribution in [2.24, 2.45) is 5.92 Å². The Labute approximate surface area is 204 Å². The second-order valence-electron chi connectivity index (χ2n) is 8.97. The largest absolute Gasteiger partial charge is 0.507 e. The molecule has 0 aromatic heterocycles. The number of carbonyl (C=O) groups is 2. The Morgan fingerprint density at radius 1 is 0.971 bits per heavy atom. The number of hydrogen-bond acceptors (Lipinski definition) is 4. The number of hydrogen-bond donors (Lipinski definition) is 1. The summed E-state index contributed by atoms with van der Waals surface area (Å²) in [6.07, 6.45) is 0.831. The number of Topliss-reactive ketones (excluding diaryl/α,β-unsaturated/α-hetero) is 1. The van der Waals surface area contributed by atoms with Crippen molar-refractivity contribution in [2.75, 3.05) is 11.5 Å². The van der Waals surface area contributed by atoms with E-state index in [0.717, 1.165) is 12.0 Å². The van der Waals surface area contributed by atoms with Crippen molar-refractivity contribution < 1.29 is 23.8 Å². The predicted octanol–water partition coefficient (Wildman–Crippen LogP) is 6.05. The quantitative estimate of drug-likeness (QED) is 0.258. The smallest absolute Gasteiger partial charge is 0.300 e. The van der Waals surface area contributed by atoms with Crippen molar-refractivity contribution in [1.29, 1.82) is 0 Å². The van der Waals surface area contributed by atoms with Gasteiger partial charge in [0.25, 0.3) is 11.7 Å². The average Bonchev–Trinajstić information content (AvgIpc) is 3.13. The molecule has 1 unspecified atom stereocenters. The minimum absolute atomic E-state index is 0.0444. The molecule has 1 fully saturated rings. The summed E-state index contributed by atoms with van der Waals surface area (Å²) < 4.78 is 19.4. The van der Waals surface area contributed by atoms with Crippen LogP contribution in [0.4, 0.5) is 10.1 Å². The van der Waals surface area contributed by atoms with Crippen LogP contribution in [0.2, 0.25) is 0 Å². The predicted molar refractivity (Wildman–Crippen MR) is 134 cm³/mol. The van der Waals surface area contributed by atoms with Gasteiger partial charge >= 0.3 is 0 Å². The molecule has 4 rings (SSSR count). The number of aryl methyl sites for hydroxylation is 1. The summed E-state index contributed by atoms with van der Waals surface area (Å²) >= 11 is 0. The Kier molecular flexibility index (Phi) is 7.01. The molecule has 0 saturated carbocycles. The van der Waals surface area contributed by atoms with E-state index in [4.69, 9.17) is 4.74 Å². The van der Waals surface area contributed by atoms with E-state index in [-0.39, 0.29) is 11.3 Å². The summed E-state index contributed by atoms with van der Waals surface area (Å²) in [4.78, 5) is 27.8. The van der Waals surface area contributed by atoms with Gasteiger partial charge in [-0.1, -0.05) is 45.0 Å². The maximum Gasteiger partial charge on any atom is 0.300 e. The zero-order valence-corrected chi connectivity index (χ0v) is 20.0. The molecule has 3 aromatic rings. The molecule has 35 heavy (non-hydrogen) atoms. The monoisotopic (exact) mass is 473 g/mol. The van der Waals surface area contributed by atoms with Crippen molar-refractivity contribution in [3.8, 4) is 5.75 Å². The van der Waals surface area contributed by atoms with E-state index in [2.05, 4.69) is 0 Å². The lowest BCUT2D eigenvalue weighted by Crippen LogP contribution is -2.29. The number of ketones is 1. The van der Waals surface area contributed by atoms with Gasteiger partial charge in [-0.2, -0.15) is 0 Å². The van der Waals surface area contributed by atoms with Crippen LogP contribution < -0.4 is 9.64 Å². The van der Waals surface area contributed by atoms with Gasteiger partial charge in [0.2, 0.25) is 0 Å². The molecule has 1 aliphatic rings. The van der Waals surface area contributed by atoms with E-state index in [1.165, 1.54) is 29.2 Å². The van der Waals surface area contributed by atoms with E-state index in [1.807, 2.05) is 32.9 Å². The summed E-state index contributed by atoms with van der Waals surface area (Å²) in [5.74, 6) is -1.27. The molecule has 0 aliphatic carbocycles. The third kappa shape index (κ3) is 4.97. The molecule has 1 N–H and O–H groups in total. The van der Waals surface area contributed by atoms with Gasteiger partial charge in [-0.25, -0.2) is 4.39 Å². The topological polar surface area (TPSA) is 66.8 Å². The Hall–Kier alpha value is -3.93. The first-order valence-electron chi connectivity index (χ1n) is 11.7. The Morgan fingerprint density at radius 3 is 2.17 bits per heavy atom. The number of carbonyl (C=O) groups excluding carboxylic acids is 2. The van der Waals surface area contributed by atoms with E-state index in [9.17, 15) is 19.1 Å². The van der Waals surface area contributed by atoms with Crippen LogP contribution in [0.25, 0.3) is 5.76 Å². The highest BCUT2D eigenvalue weighted by molar-refractivity contribution is 6.51.